The minimum absolute atomic E-state index is 0.405. The third-order valence-corrected chi connectivity index (χ3v) is 5.36. The molecule has 0 aromatic heterocycles. The lowest BCUT2D eigenvalue weighted by atomic mass is 10.1. The molecule has 0 aliphatic carbocycles. The lowest BCUT2D eigenvalue weighted by molar-refractivity contribution is -0.385. The highest BCUT2D eigenvalue weighted by Crippen LogP contribution is 2.37. The second-order valence-corrected chi connectivity index (χ2v) is 7.67. The predicted octanol–water partition coefficient (Wildman–Crippen LogP) is 4.05. The zero-order chi connectivity index (χ0) is 19.5. The van der Waals surface area contributed by atoms with Gasteiger partial charge in [-0.05, 0) is 25.8 Å². The van der Waals surface area contributed by atoms with Crippen LogP contribution < -0.4 is 5.32 Å². The van der Waals surface area contributed by atoms with Crippen LogP contribution in [0, 0.1) is 10.1 Å². The summed E-state index contributed by atoms with van der Waals surface area (Å²) in [6.07, 6.45) is -2.81. The minimum Gasteiger partial charge on any atom is -0.358 e. The number of nitro benzene ring substituents is 1. The van der Waals surface area contributed by atoms with Crippen LogP contribution in [0.25, 0.3) is 0 Å². The van der Waals surface area contributed by atoms with Crippen LogP contribution in [0.5, 0.6) is 0 Å². The van der Waals surface area contributed by atoms with Crippen LogP contribution in [0.4, 0.5) is 24.5 Å². The van der Waals surface area contributed by atoms with Crippen molar-refractivity contribution >= 4 is 45.6 Å². The van der Waals surface area contributed by atoms with Crippen molar-refractivity contribution in [3.8, 4) is 0 Å². The molecule has 0 unspecified atom stereocenters. The van der Waals surface area contributed by atoms with Crippen molar-refractivity contribution in [3.63, 3.8) is 0 Å². The fourth-order valence-electron chi connectivity index (χ4n) is 2.40. The van der Waals surface area contributed by atoms with E-state index < -0.39 is 39.2 Å². The van der Waals surface area contributed by atoms with E-state index in [1.807, 2.05) is 4.90 Å². The number of thioether (sulfide) groups is 1. The number of carbonyl (C=O) groups is 1. The quantitative estimate of drug-likeness (QED) is 0.461. The maximum atomic E-state index is 13.2. The Bertz CT molecular complexity index is 722. The Kier molecular flexibility index (Phi) is 6.45. The number of carbonyl (C=O) groups excluding carboxylic acids is 1. The Labute approximate surface area is 157 Å². The molecule has 26 heavy (non-hydrogen) atoms. The van der Waals surface area contributed by atoms with Gasteiger partial charge in [-0.1, -0.05) is 24.0 Å². The molecule has 1 aromatic rings. The van der Waals surface area contributed by atoms with Gasteiger partial charge in [0, 0.05) is 25.2 Å². The van der Waals surface area contributed by atoms with Crippen LogP contribution in [0.1, 0.15) is 25.3 Å². The molecule has 11 heteroatoms. The number of amides is 1. The van der Waals surface area contributed by atoms with Gasteiger partial charge in [-0.15, -0.1) is 0 Å². The highest BCUT2D eigenvalue weighted by molar-refractivity contribution is 8.23. The average molecular weight is 407 g/mol. The number of benzene rings is 1. The summed E-state index contributed by atoms with van der Waals surface area (Å²) in [5, 5.41) is 12.2. The predicted molar refractivity (Wildman–Crippen MR) is 97.2 cm³/mol. The maximum Gasteiger partial charge on any atom is 0.418 e. The molecule has 1 heterocycles. The monoisotopic (exact) mass is 407 g/mol. The van der Waals surface area contributed by atoms with Crippen molar-refractivity contribution in [2.45, 2.75) is 31.2 Å². The highest BCUT2D eigenvalue weighted by Gasteiger charge is 2.36. The van der Waals surface area contributed by atoms with Crippen molar-refractivity contribution in [3.05, 3.63) is 33.9 Å². The smallest absolute Gasteiger partial charge is 0.358 e. The molecule has 1 atom stereocenters. The van der Waals surface area contributed by atoms with Crippen LogP contribution in [0.2, 0.25) is 0 Å². The second-order valence-electron chi connectivity index (χ2n) is 5.69. The number of nitro groups is 1. The lowest BCUT2D eigenvalue weighted by Crippen LogP contribution is -2.30. The molecule has 0 spiro atoms. The van der Waals surface area contributed by atoms with Gasteiger partial charge in [-0.25, -0.2) is 0 Å². The zero-order valence-corrected chi connectivity index (χ0v) is 15.3. The summed E-state index contributed by atoms with van der Waals surface area (Å²) in [4.78, 5) is 24.0. The molecule has 0 radical (unpaired) electrons. The summed E-state index contributed by atoms with van der Waals surface area (Å²) in [6, 6.07) is 2.20. The van der Waals surface area contributed by atoms with Gasteiger partial charge < -0.3 is 10.2 Å². The van der Waals surface area contributed by atoms with E-state index in [-0.39, 0.29) is 0 Å². The molecule has 0 saturated carbocycles. The van der Waals surface area contributed by atoms with E-state index in [9.17, 15) is 28.1 Å². The van der Waals surface area contributed by atoms with Crippen molar-refractivity contribution < 1.29 is 22.9 Å². The number of halogens is 3. The fourth-order valence-corrected chi connectivity index (χ4v) is 3.82. The van der Waals surface area contributed by atoms with Gasteiger partial charge in [0.15, 0.2) is 0 Å². The number of thiocarbonyl (C=S) groups is 1. The summed E-state index contributed by atoms with van der Waals surface area (Å²) in [7, 11) is 0. The summed E-state index contributed by atoms with van der Waals surface area (Å²) >= 11 is 6.36. The molecule has 1 aliphatic rings. The molecule has 1 fully saturated rings. The van der Waals surface area contributed by atoms with Crippen molar-refractivity contribution in [2.75, 3.05) is 18.4 Å². The number of alkyl halides is 3. The zero-order valence-electron chi connectivity index (χ0n) is 13.7. The van der Waals surface area contributed by atoms with E-state index >= 15 is 0 Å². The Morgan fingerprint density at radius 1 is 1.38 bits per heavy atom. The van der Waals surface area contributed by atoms with Gasteiger partial charge >= 0.3 is 6.18 Å². The SMILES string of the molecule is C[C@@H](SC(=S)N1CCCC1)C(=O)Nc1ccc([N+](=O)[O-])cc1C(F)(F)F. The largest absolute Gasteiger partial charge is 0.418 e. The van der Waals surface area contributed by atoms with Gasteiger partial charge in [0.05, 0.1) is 21.4 Å². The average Bonchev–Trinajstić information content (AvgIpc) is 3.08. The topological polar surface area (TPSA) is 75.5 Å². The number of hydrogen-bond donors (Lipinski definition) is 1. The normalized spacial score (nSPS) is 15.6. The molecule has 1 N–H and O–H groups in total. The standard InChI is InChI=1S/C15H16F3N3O3S2/c1-9(26-14(25)20-6-2-3-7-20)13(22)19-12-5-4-10(21(23)24)8-11(12)15(16,17)18/h4-5,8-9H,2-3,6-7H2,1H3,(H,19,22)/t9-/m1/s1. The van der Waals surface area contributed by atoms with E-state index in [4.69, 9.17) is 12.2 Å². The molecular weight excluding hydrogens is 391 g/mol. The Hall–Kier alpha value is -1.88. The number of nitrogens with zero attached hydrogens (tertiary/aromatic N) is 2. The molecule has 142 valence electrons. The van der Waals surface area contributed by atoms with Crippen LogP contribution in [0.15, 0.2) is 18.2 Å². The lowest BCUT2D eigenvalue weighted by Gasteiger charge is -2.21. The summed E-state index contributed by atoms with van der Waals surface area (Å²) < 4.78 is 40.0. The third-order valence-electron chi connectivity index (χ3n) is 3.79. The number of rotatable bonds is 4. The molecular formula is C15H16F3N3O3S2. The van der Waals surface area contributed by atoms with E-state index in [0.29, 0.717) is 10.4 Å². The van der Waals surface area contributed by atoms with E-state index in [0.717, 1.165) is 49.8 Å². The molecule has 1 amide bonds. The third kappa shape index (κ3) is 5.07. The van der Waals surface area contributed by atoms with Gasteiger partial charge in [-0.2, -0.15) is 13.2 Å². The van der Waals surface area contributed by atoms with Crippen LogP contribution in [-0.2, 0) is 11.0 Å². The number of nitrogens with one attached hydrogen (secondary N) is 1. The van der Waals surface area contributed by atoms with Crippen LogP contribution >= 0.6 is 24.0 Å². The fraction of sp³-hybridized carbons (Fsp3) is 0.467. The summed E-state index contributed by atoms with van der Waals surface area (Å²) in [5.41, 5.74) is -2.49. The van der Waals surface area contributed by atoms with E-state index in [1.165, 1.54) is 0 Å². The Morgan fingerprint density at radius 3 is 2.54 bits per heavy atom. The first-order valence-corrected chi connectivity index (χ1v) is 9.00. The first-order chi connectivity index (χ1) is 12.1. The van der Waals surface area contributed by atoms with Crippen LogP contribution in [0.3, 0.4) is 0 Å². The molecule has 1 saturated heterocycles. The summed E-state index contributed by atoms with van der Waals surface area (Å²) in [6.45, 7) is 3.16. The molecule has 1 aliphatic heterocycles. The Morgan fingerprint density at radius 2 is 2.00 bits per heavy atom. The highest BCUT2D eigenvalue weighted by atomic mass is 32.2. The first-order valence-electron chi connectivity index (χ1n) is 7.71. The van der Waals surface area contributed by atoms with Gasteiger partial charge in [-0.3, -0.25) is 14.9 Å². The Balaban J connectivity index is 2.12. The van der Waals surface area contributed by atoms with Crippen molar-refractivity contribution in [1.29, 1.82) is 0 Å². The first kappa shape index (κ1) is 20.4. The molecule has 0 bridgehead atoms. The molecule has 6 nitrogen and oxygen atoms in total. The van der Waals surface area contributed by atoms with E-state index in [2.05, 4.69) is 5.32 Å². The van der Waals surface area contributed by atoms with Gasteiger partial charge in [0.2, 0.25) is 5.91 Å². The summed E-state index contributed by atoms with van der Waals surface area (Å²) in [5.74, 6) is -0.657. The second kappa shape index (κ2) is 8.21. The van der Waals surface area contributed by atoms with Gasteiger partial charge in [0.1, 0.15) is 4.32 Å². The number of likely N-dealkylation sites (tertiary alicyclic amines) is 1. The number of hydrogen-bond acceptors (Lipinski definition) is 5. The minimum atomic E-state index is -4.84. The van der Waals surface area contributed by atoms with Crippen molar-refractivity contribution in [1.82, 2.24) is 4.90 Å². The number of anilines is 1. The van der Waals surface area contributed by atoms with Crippen molar-refractivity contribution in [2.24, 2.45) is 0 Å². The molecule has 1 aromatic carbocycles. The van der Waals surface area contributed by atoms with E-state index in [1.54, 1.807) is 6.92 Å². The number of non-ortho nitro benzene ring substituents is 1. The molecule has 2 rings (SSSR count). The van der Waals surface area contributed by atoms with Crippen LogP contribution in [-0.4, -0.2) is 38.4 Å². The van der Waals surface area contributed by atoms with Gasteiger partial charge in [0.25, 0.3) is 5.69 Å². The maximum absolute atomic E-state index is 13.2.